The van der Waals surface area contributed by atoms with Crippen LogP contribution in [-0.4, -0.2) is 13.2 Å². The predicted molar refractivity (Wildman–Crippen MR) is 162 cm³/mol. The molecule has 0 aromatic heterocycles. The maximum atomic E-state index is 14.9. The number of halogens is 2. The van der Waals surface area contributed by atoms with Crippen molar-refractivity contribution in [3.8, 4) is 44.9 Å². The van der Waals surface area contributed by atoms with E-state index in [1.807, 2.05) is 36.4 Å². The summed E-state index contributed by atoms with van der Waals surface area (Å²) in [6.07, 6.45) is 8.81. The van der Waals surface area contributed by atoms with Crippen molar-refractivity contribution < 1.29 is 18.3 Å². The minimum atomic E-state index is -0.929. The van der Waals surface area contributed by atoms with Gasteiger partial charge in [0.15, 0.2) is 11.6 Å². The van der Waals surface area contributed by atoms with E-state index in [0.29, 0.717) is 12.2 Å². The van der Waals surface area contributed by atoms with Crippen molar-refractivity contribution in [2.45, 2.75) is 65.2 Å². The summed E-state index contributed by atoms with van der Waals surface area (Å²) >= 11 is 0. The summed E-state index contributed by atoms with van der Waals surface area (Å²) in [7, 11) is 0. The Bertz CT molecular complexity index is 1310. The van der Waals surface area contributed by atoms with Crippen molar-refractivity contribution in [2.75, 3.05) is 13.2 Å². The lowest BCUT2D eigenvalue weighted by Gasteiger charge is -2.11. The minimum Gasteiger partial charge on any atom is -0.494 e. The Kier molecular flexibility index (Phi) is 11.2. The predicted octanol–water partition coefficient (Wildman–Crippen LogP) is 10.9. The molecule has 0 atom stereocenters. The van der Waals surface area contributed by atoms with Crippen LogP contribution in [0.3, 0.4) is 0 Å². The SMILES string of the molecule is CCCCCCCOc1ccc(-c2ccc(-c3ccc(-c4ccc(OCCCCC)cc4)cc3)cc2)c(F)c1F. The third-order valence-electron chi connectivity index (χ3n) is 7.17. The van der Waals surface area contributed by atoms with Crippen LogP contribution < -0.4 is 9.47 Å². The van der Waals surface area contributed by atoms with Gasteiger partial charge in [0.2, 0.25) is 5.82 Å². The van der Waals surface area contributed by atoms with Gasteiger partial charge in [-0.15, -0.1) is 0 Å². The summed E-state index contributed by atoms with van der Waals surface area (Å²) in [4.78, 5) is 0. The highest BCUT2D eigenvalue weighted by atomic mass is 19.2. The first-order chi connectivity index (χ1) is 19.6. The van der Waals surface area contributed by atoms with Crippen molar-refractivity contribution in [1.82, 2.24) is 0 Å². The van der Waals surface area contributed by atoms with E-state index in [1.54, 1.807) is 6.07 Å². The fraction of sp³-hybridized carbons (Fsp3) is 0.333. The summed E-state index contributed by atoms with van der Waals surface area (Å²) in [5, 5.41) is 0. The normalized spacial score (nSPS) is 11.0. The van der Waals surface area contributed by atoms with Gasteiger partial charge in [-0.05, 0) is 64.9 Å². The van der Waals surface area contributed by atoms with Crippen LogP contribution in [-0.2, 0) is 0 Å². The second-order valence-corrected chi connectivity index (χ2v) is 10.2. The van der Waals surface area contributed by atoms with Crippen LogP contribution in [0.1, 0.15) is 65.2 Å². The lowest BCUT2D eigenvalue weighted by Crippen LogP contribution is -2.01. The second-order valence-electron chi connectivity index (χ2n) is 10.2. The molecular weight excluding hydrogens is 502 g/mol. The average molecular weight is 543 g/mol. The molecule has 4 aromatic carbocycles. The van der Waals surface area contributed by atoms with Gasteiger partial charge in [0.1, 0.15) is 5.75 Å². The maximum absolute atomic E-state index is 14.9. The monoisotopic (exact) mass is 542 g/mol. The summed E-state index contributed by atoms with van der Waals surface area (Å²) < 4.78 is 40.9. The molecule has 210 valence electrons. The van der Waals surface area contributed by atoms with Crippen molar-refractivity contribution in [3.63, 3.8) is 0 Å². The van der Waals surface area contributed by atoms with Crippen molar-refractivity contribution >= 4 is 0 Å². The van der Waals surface area contributed by atoms with Gasteiger partial charge in [-0.1, -0.05) is 113 Å². The first-order valence-corrected chi connectivity index (χ1v) is 14.7. The zero-order valence-corrected chi connectivity index (χ0v) is 23.7. The van der Waals surface area contributed by atoms with Gasteiger partial charge < -0.3 is 9.47 Å². The van der Waals surface area contributed by atoms with Crippen molar-refractivity contribution in [1.29, 1.82) is 0 Å². The fourth-order valence-corrected chi connectivity index (χ4v) is 4.74. The van der Waals surface area contributed by atoms with Gasteiger partial charge in [0.05, 0.1) is 13.2 Å². The number of hydrogen-bond acceptors (Lipinski definition) is 2. The Labute approximate surface area is 238 Å². The first kappa shape index (κ1) is 29.3. The fourth-order valence-electron chi connectivity index (χ4n) is 4.74. The highest BCUT2D eigenvalue weighted by Gasteiger charge is 2.16. The Hall–Kier alpha value is -3.66. The van der Waals surface area contributed by atoms with Crippen LogP contribution in [0, 0.1) is 11.6 Å². The zero-order chi connectivity index (χ0) is 28.2. The van der Waals surface area contributed by atoms with E-state index in [4.69, 9.17) is 9.47 Å². The molecule has 2 nitrogen and oxygen atoms in total. The first-order valence-electron chi connectivity index (χ1n) is 14.7. The lowest BCUT2D eigenvalue weighted by molar-refractivity contribution is 0.285. The van der Waals surface area contributed by atoms with Gasteiger partial charge in [0, 0.05) is 5.56 Å². The Morgan fingerprint density at radius 3 is 1.48 bits per heavy atom. The molecule has 0 saturated carbocycles. The highest BCUT2D eigenvalue weighted by molar-refractivity contribution is 5.74. The molecule has 4 aromatic rings. The van der Waals surface area contributed by atoms with E-state index in [0.717, 1.165) is 60.3 Å². The largest absolute Gasteiger partial charge is 0.494 e. The number of hydrogen-bond donors (Lipinski definition) is 0. The molecule has 4 rings (SSSR count). The number of ether oxygens (including phenoxy) is 2. The lowest BCUT2D eigenvalue weighted by atomic mass is 9.98. The maximum Gasteiger partial charge on any atom is 0.201 e. The molecule has 0 aliphatic rings. The van der Waals surface area contributed by atoms with Crippen LogP contribution in [0.4, 0.5) is 8.78 Å². The van der Waals surface area contributed by atoms with E-state index in [-0.39, 0.29) is 11.3 Å². The Balaban J connectivity index is 1.37. The smallest absolute Gasteiger partial charge is 0.201 e. The topological polar surface area (TPSA) is 18.5 Å². The molecule has 40 heavy (non-hydrogen) atoms. The third-order valence-corrected chi connectivity index (χ3v) is 7.17. The summed E-state index contributed by atoms with van der Waals surface area (Å²) in [6.45, 7) is 5.49. The summed E-state index contributed by atoms with van der Waals surface area (Å²) in [6, 6.07) is 27.2. The van der Waals surface area contributed by atoms with E-state index < -0.39 is 11.6 Å². The van der Waals surface area contributed by atoms with Crippen LogP contribution >= 0.6 is 0 Å². The van der Waals surface area contributed by atoms with Crippen molar-refractivity contribution in [3.05, 3.63) is 96.6 Å². The third kappa shape index (κ3) is 7.94. The molecule has 0 aliphatic heterocycles. The molecule has 0 radical (unpaired) electrons. The van der Waals surface area contributed by atoms with Gasteiger partial charge >= 0.3 is 0 Å². The summed E-state index contributed by atoms with van der Waals surface area (Å²) in [5.41, 5.74) is 5.17. The Morgan fingerprint density at radius 2 is 0.900 bits per heavy atom. The Morgan fingerprint density at radius 1 is 0.450 bits per heavy atom. The zero-order valence-electron chi connectivity index (χ0n) is 23.7. The van der Waals surface area contributed by atoms with Gasteiger partial charge in [-0.2, -0.15) is 4.39 Å². The van der Waals surface area contributed by atoms with E-state index in [2.05, 4.69) is 50.2 Å². The van der Waals surface area contributed by atoms with E-state index in [1.165, 1.54) is 31.7 Å². The highest BCUT2D eigenvalue weighted by Crippen LogP contribution is 2.32. The summed E-state index contributed by atoms with van der Waals surface area (Å²) in [5.74, 6) is -0.935. The quantitative estimate of drug-likeness (QED) is 0.139. The molecule has 4 heteroatoms. The number of unbranched alkanes of at least 4 members (excludes halogenated alkanes) is 6. The molecule has 0 bridgehead atoms. The van der Waals surface area contributed by atoms with Crippen molar-refractivity contribution in [2.24, 2.45) is 0 Å². The second kappa shape index (κ2) is 15.2. The molecule has 0 saturated heterocycles. The molecule has 0 heterocycles. The average Bonchev–Trinajstić information content (AvgIpc) is 3.00. The number of benzene rings is 4. The van der Waals surface area contributed by atoms with Crippen LogP contribution in [0.2, 0.25) is 0 Å². The molecule has 0 fully saturated rings. The van der Waals surface area contributed by atoms with E-state index >= 15 is 0 Å². The van der Waals surface area contributed by atoms with Crippen LogP contribution in [0.25, 0.3) is 33.4 Å². The molecule has 0 amide bonds. The molecule has 0 spiro atoms. The number of rotatable bonds is 15. The van der Waals surface area contributed by atoms with Gasteiger partial charge in [0.25, 0.3) is 0 Å². The van der Waals surface area contributed by atoms with Crippen LogP contribution in [0.5, 0.6) is 11.5 Å². The van der Waals surface area contributed by atoms with Gasteiger partial charge in [-0.3, -0.25) is 0 Å². The molecule has 0 unspecified atom stereocenters. The molecule has 0 N–H and O–H groups in total. The standard InChI is InChI=1S/C36H40F2O2/c1-3-5-7-8-10-26-40-34-24-23-33(35(37)36(34)38)31-17-15-29(16-18-31)27-11-13-28(14-12-27)30-19-21-32(22-20-30)39-25-9-6-4-2/h11-24H,3-10,25-26H2,1-2H3. The molecule has 0 aliphatic carbocycles. The van der Waals surface area contributed by atoms with Crippen LogP contribution in [0.15, 0.2) is 84.9 Å². The minimum absolute atomic E-state index is 0.0254. The molecular formula is C36H40F2O2. The van der Waals surface area contributed by atoms with E-state index in [9.17, 15) is 8.78 Å². The van der Waals surface area contributed by atoms with Gasteiger partial charge in [-0.25, -0.2) is 4.39 Å².